The van der Waals surface area contributed by atoms with Gasteiger partial charge in [0.2, 0.25) is 0 Å². The Morgan fingerprint density at radius 3 is 2.89 bits per heavy atom. The predicted molar refractivity (Wildman–Crippen MR) is 80.4 cm³/mol. The normalized spacial score (nSPS) is 12.3. The molecule has 100 valence electrons. The average molecular weight is 341 g/mol. The molecule has 19 heavy (non-hydrogen) atoms. The first-order valence-electron chi connectivity index (χ1n) is 5.77. The highest BCUT2D eigenvalue weighted by Crippen LogP contribution is 2.28. The minimum Gasteiger partial charge on any atom is -0.306 e. The van der Waals surface area contributed by atoms with E-state index >= 15 is 0 Å². The van der Waals surface area contributed by atoms with E-state index in [0.717, 1.165) is 5.56 Å². The molecule has 1 N–H and O–H groups in total. The third-order valence-electron chi connectivity index (χ3n) is 2.90. The number of nitro groups is 1. The molecule has 0 radical (unpaired) electrons. The summed E-state index contributed by atoms with van der Waals surface area (Å²) in [4.78, 5) is 10.5. The fourth-order valence-electron chi connectivity index (χ4n) is 1.75. The van der Waals surface area contributed by atoms with E-state index in [4.69, 9.17) is 0 Å². The minimum atomic E-state index is -0.379. The first-order chi connectivity index (χ1) is 9.09. The van der Waals surface area contributed by atoms with Crippen LogP contribution in [0.4, 0.5) is 5.69 Å². The molecule has 2 aromatic rings. The lowest BCUT2D eigenvalue weighted by Crippen LogP contribution is -2.17. The summed E-state index contributed by atoms with van der Waals surface area (Å²) in [5, 5.41) is 18.4. The Bertz CT molecular complexity index is 572. The first-order valence-corrected chi connectivity index (χ1v) is 7.50. The van der Waals surface area contributed by atoms with Crippen LogP contribution in [-0.4, -0.2) is 4.92 Å². The Balaban J connectivity index is 2.08. The highest BCUT2D eigenvalue weighted by Gasteiger charge is 2.15. The number of nitrogens with one attached hydrogen (secondary N) is 1. The molecular weight excluding hydrogens is 328 g/mol. The maximum atomic E-state index is 10.9. The van der Waals surface area contributed by atoms with E-state index in [1.165, 1.54) is 11.6 Å². The zero-order valence-electron chi connectivity index (χ0n) is 10.3. The van der Waals surface area contributed by atoms with Crippen molar-refractivity contribution in [1.29, 1.82) is 0 Å². The van der Waals surface area contributed by atoms with E-state index in [9.17, 15) is 10.1 Å². The van der Waals surface area contributed by atoms with Gasteiger partial charge in [-0.25, -0.2) is 0 Å². The maximum Gasteiger partial charge on any atom is 0.283 e. The van der Waals surface area contributed by atoms with Gasteiger partial charge in [-0.2, -0.15) is 11.3 Å². The van der Waals surface area contributed by atoms with Gasteiger partial charge < -0.3 is 5.32 Å². The van der Waals surface area contributed by atoms with Gasteiger partial charge in [0.1, 0.15) is 0 Å². The fraction of sp³-hybridized carbons (Fsp3) is 0.231. The smallest absolute Gasteiger partial charge is 0.283 e. The standard InChI is InChI=1S/C13H13BrN2O2S/c1-9(11-5-6-19-8-11)15-7-10-3-2-4-12(13(10)14)16(17)18/h2-6,8-9,15H,7H2,1H3. The lowest BCUT2D eigenvalue weighted by molar-refractivity contribution is -0.385. The molecular formula is C13H13BrN2O2S. The molecule has 0 saturated carbocycles. The molecule has 0 aliphatic carbocycles. The Labute approximate surface area is 123 Å². The molecule has 0 bridgehead atoms. The Morgan fingerprint density at radius 1 is 1.47 bits per heavy atom. The number of hydrogen-bond donors (Lipinski definition) is 1. The molecule has 1 atom stereocenters. The van der Waals surface area contributed by atoms with Crippen LogP contribution in [-0.2, 0) is 6.54 Å². The SMILES string of the molecule is CC(NCc1cccc([N+](=O)[O-])c1Br)c1ccsc1. The number of halogens is 1. The lowest BCUT2D eigenvalue weighted by Gasteiger charge is -2.13. The van der Waals surface area contributed by atoms with Crippen molar-refractivity contribution in [2.75, 3.05) is 0 Å². The molecule has 1 heterocycles. The summed E-state index contributed by atoms with van der Waals surface area (Å²) in [7, 11) is 0. The summed E-state index contributed by atoms with van der Waals surface area (Å²) in [5.74, 6) is 0. The number of nitro benzene ring substituents is 1. The highest BCUT2D eigenvalue weighted by atomic mass is 79.9. The summed E-state index contributed by atoms with van der Waals surface area (Å²) in [6, 6.07) is 7.37. The third-order valence-corrected chi connectivity index (χ3v) is 4.51. The van der Waals surface area contributed by atoms with Crippen LogP contribution < -0.4 is 5.32 Å². The van der Waals surface area contributed by atoms with Gasteiger partial charge in [-0.1, -0.05) is 12.1 Å². The molecule has 0 saturated heterocycles. The summed E-state index contributed by atoms with van der Waals surface area (Å²) < 4.78 is 0.546. The van der Waals surface area contributed by atoms with Crippen molar-refractivity contribution < 1.29 is 4.92 Å². The van der Waals surface area contributed by atoms with Crippen LogP contribution in [0.15, 0.2) is 39.5 Å². The van der Waals surface area contributed by atoms with Crippen LogP contribution in [0.5, 0.6) is 0 Å². The number of benzene rings is 1. The van der Waals surface area contributed by atoms with E-state index in [1.807, 2.05) is 11.4 Å². The van der Waals surface area contributed by atoms with E-state index in [-0.39, 0.29) is 16.7 Å². The molecule has 0 fully saturated rings. The first kappa shape index (κ1) is 14.2. The second-order valence-corrected chi connectivity index (χ2v) is 5.74. The molecule has 1 unspecified atom stereocenters. The lowest BCUT2D eigenvalue weighted by atomic mass is 10.1. The van der Waals surface area contributed by atoms with Gasteiger partial charge in [0.25, 0.3) is 5.69 Å². The summed E-state index contributed by atoms with van der Waals surface area (Å²) >= 11 is 4.96. The Morgan fingerprint density at radius 2 is 2.26 bits per heavy atom. The molecule has 0 spiro atoms. The van der Waals surface area contributed by atoms with Gasteiger partial charge in [0.15, 0.2) is 0 Å². The Hall–Kier alpha value is -1.24. The van der Waals surface area contributed by atoms with Crippen molar-refractivity contribution in [2.24, 2.45) is 0 Å². The van der Waals surface area contributed by atoms with Crippen molar-refractivity contribution in [2.45, 2.75) is 19.5 Å². The van der Waals surface area contributed by atoms with Gasteiger partial charge in [-0.3, -0.25) is 10.1 Å². The van der Waals surface area contributed by atoms with Crippen molar-refractivity contribution in [3.8, 4) is 0 Å². The van der Waals surface area contributed by atoms with Crippen molar-refractivity contribution in [3.63, 3.8) is 0 Å². The number of rotatable bonds is 5. The molecule has 2 rings (SSSR count). The van der Waals surface area contributed by atoms with Crippen LogP contribution in [0.25, 0.3) is 0 Å². The second kappa shape index (κ2) is 6.27. The molecule has 6 heteroatoms. The van der Waals surface area contributed by atoms with Gasteiger partial charge in [0.05, 0.1) is 9.40 Å². The van der Waals surface area contributed by atoms with Crippen molar-refractivity contribution in [3.05, 3.63) is 60.7 Å². The second-order valence-electron chi connectivity index (χ2n) is 4.17. The van der Waals surface area contributed by atoms with Crippen LogP contribution in [0.1, 0.15) is 24.1 Å². The predicted octanol–water partition coefficient (Wildman–Crippen LogP) is 4.27. The van der Waals surface area contributed by atoms with Gasteiger partial charge in [0, 0.05) is 18.7 Å². The zero-order valence-corrected chi connectivity index (χ0v) is 12.7. The van der Waals surface area contributed by atoms with Gasteiger partial charge in [-0.15, -0.1) is 0 Å². The fourth-order valence-corrected chi connectivity index (χ4v) is 3.05. The number of nitrogens with zero attached hydrogens (tertiary/aromatic N) is 1. The highest BCUT2D eigenvalue weighted by molar-refractivity contribution is 9.10. The van der Waals surface area contributed by atoms with Crippen molar-refractivity contribution >= 4 is 33.0 Å². The Kier molecular flexibility index (Phi) is 4.68. The molecule has 0 aliphatic heterocycles. The number of hydrogen-bond acceptors (Lipinski definition) is 4. The molecule has 1 aromatic heterocycles. The number of thiophene rings is 1. The monoisotopic (exact) mass is 340 g/mol. The largest absolute Gasteiger partial charge is 0.306 e. The zero-order chi connectivity index (χ0) is 13.8. The summed E-state index contributed by atoms with van der Waals surface area (Å²) in [6.07, 6.45) is 0. The molecule has 0 aliphatic rings. The molecule has 1 aromatic carbocycles. The van der Waals surface area contributed by atoms with E-state index in [1.54, 1.807) is 17.4 Å². The average Bonchev–Trinajstić information content (AvgIpc) is 2.90. The molecule has 4 nitrogen and oxygen atoms in total. The maximum absolute atomic E-state index is 10.9. The third kappa shape index (κ3) is 3.40. The van der Waals surface area contributed by atoms with Crippen LogP contribution >= 0.6 is 27.3 Å². The topological polar surface area (TPSA) is 55.2 Å². The van der Waals surface area contributed by atoms with Crippen LogP contribution in [0.2, 0.25) is 0 Å². The van der Waals surface area contributed by atoms with Crippen LogP contribution in [0, 0.1) is 10.1 Å². The van der Waals surface area contributed by atoms with Gasteiger partial charge >= 0.3 is 0 Å². The van der Waals surface area contributed by atoms with E-state index in [0.29, 0.717) is 11.0 Å². The van der Waals surface area contributed by atoms with Crippen molar-refractivity contribution in [1.82, 2.24) is 5.32 Å². The summed E-state index contributed by atoms with van der Waals surface area (Å²) in [5.41, 5.74) is 2.21. The molecule has 0 amide bonds. The van der Waals surface area contributed by atoms with Crippen LogP contribution in [0.3, 0.4) is 0 Å². The van der Waals surface area contributed by atoms with E-state index in [2.05, 4.69) is 39.6 Å². The quantitative estimate of drug-likeness (QED) is 0.653. The van der Waals surface area contributed by atoms with E-state index < -0.39 is 0 Å². The summed E-state index contributed by atoms with van der Waals surface area (Å²) in [6.45, 7) is 2.66. The minimum absolute atomic E-state index is 0.0995. The van der Waals surface area contributed by atoms with Gasteiger partial charge in [-0.05, 0) is 50.8 Å².